The smallest absolute Gasteiger partial charge is 0.168 e. The van der Waals surface area contributed by atoms with E-state index in [0.29, 0.717) is 11.1 Å². The Bertz CT molecular complexity index is 463. The number of hydrogen-bond acceptors (Lipinski definition) is 4. The van der Waals surface area contributed by atoms with Crippen molar-refractivity contribution in [3.63, 3.8) is 0 Å². The van der Waals surface area contributed by atoms with Gasteiger partial charge in [-0.05, 0) is 24.8 Å². The van der Waals surface area contributed by atoms with Crippen LogP contribution in [0.3, 0.4) is 0 Å². The van der Waals surface area contributed by atoms with Gasteiger partial charge in [0.05, 0.1) is 0 Å². The van der Waals surface area contributed by atoms with E-state index in [9.17, 15) is 9.90 Å². The Morgan fingerprint density at radius 3 is 2.62 bits per heavy atom. The Morgan fingerprint density at radius 1 is 1.38 bits per heavy atom. The van der Waals surface area contributed by atoms with E-state index < -0.39 is 11.8 Å². The third-order valence-electron chi connectivity index (χ3n) is 4.35. The summed E-state index contributed by atoms with van der Waals surface area (Å²) in [5.41, 5.74) is 6.24. The number of benzene rings is 1. The highest BCUT2D eigenvalue weighted by Gasteiger charge is 2.41. The van der Waals surface area contributed by atoms with E-state index in [0.717, 1.165) is 32.0 Å². The number of methoxy groups -OCH3 is 1. The van der Waals surface area contributed by atoms with Crippen LogP contribution in [-0.4, -0.2) is 24.6 Å². The number of aliphatic hydroxyl groups is 1. The molecule has 1 aromatic rings. The number of aliphatic hydroxyl groups excluding tert-OH is 1. The zero-order chi connectivity index (χ0) is 14.6. The van der Waals surface area contributed by atoms with Gasteiger partial charge in [-0.2, -0.15) is 0 Å². The molecule has 1 aromatic carbocycles. The maximum Gasteiger partial charge on any atom is 0.168 e. The molecular weight excluding hydrogens is 290 g/mol. The molecule has 0 radical (unpaired) electrons. The number of ether oxygens (including phenoxy) is 1. The number of rotatable bonds is 5. The van der Waals surface area contributed by atoms with Gasteiger partial charge in [0.15, 0.2) is 5.72 Å². The van der Waals surface area contributed by atoms with Crippen LogP contribution in [0.5, 0.6) is 0 Å². The van der Waals surface area contributed by atoms with E-state index in [1.54, 1.807) is 24.3 Å². The van der Waals surface area contributed by atoms with E-state index in [1.165, 1.54) is 13.5 Å². The van der Waals surface area contributed by atoms with Crippen LogP contribution in [-0.2, 0) is 10.5 Å². The van der Waals surface area contributed by atoms with Crippen molar-refractivity contribution in [3.05, 3.63) is 35.4 Å². The Hall–Kier alpha value is -0.940. The number of carbonyl (C=O) groups is 1. The lowest BCUT2D eigenvalue weighted by atomic mass is 9.79. The molecule has 0 amide bonds. The van der Waals surface area contributed by atoms with Crippen molar-refractivity contribution >= 4 is 18.7 Å². The van der Waals surface area contributed by atoms with Crippen molar-refractivity contribution in [2.24, 2.45) is 11.7 Å². The first-order valence-corrected chi connectivity index (χ1v) is 7.19. The van der Waals surface area contributed by atoms with Gasteiger partial charge in [0.2, 0.25) is 0 Å². The largest absolute Gasteiger partial charge is 0.388 e. The Morgan fingerprint density at radius 2 is 2.05 bits per heavy atom. The molecule has 1 saturated carbocycles. The van der Waals surface area contributed by atoms with Gasteiger partial charge in [0, 0.05) is 18.2 Å². The van der Waals surface area contributed by atoms with Crippen molar-refractivity contribution in [2.75, 3.05) is 7.11 Å². The van der Waals surface area contributed by atoms with Crippen molar-refractivity contribution in [2.45, 2.75) is 43.9 Å². The second-order valence-electron chi connectivity index (χ2n) is 5.58. The minimum Gasteiger partial charge on any atom is -0.388 e. The minimum absolute atomic E-state index is 0. The molecule has 1 aliphatic carbocycles. The molecule has 0 aromatic heterocycles. The first-order chi connectivity index (χ1) is 9.61. The lowest BCUT2D eigenvalue weighted by molar-refractivity contribution is -0.132. The first-order valence-electron chi connectivity index (χ1n) is 7.19. The highest BCUT2D eigenvalue weighted by atomic mass is 35.5. The third kappa shape index (κ3) is 3.83. The van der Waals surface area contributed by atoms with Crippen LogP contribution in [0.1, 0.15) is 48.0 Å². The zero-order valence-corrected chi connectivity index (χ0v) is 13.1. The van der Waals surface area contributed by atoms with Crippen LogP contribution in [0, 0.1) is 5.92 Å². The summed E-state index contributed by atoms with van der Waals surface area (Å²) in [5.74, 6) is 0.147. The molecule has 3 N–H and O–H groups in total. The van der Waals surface area contributed by atoms with Crippen molar-refractivity contribution in [3.8, 4) is 0 Å². The van der Waals surface area contributed by atoms with Crippen LogP contribution < -0.4 is 5.73 Å². The molecule has 1 fully saturated rings. The quantitative estimate of drug-likeness (QED) is 0.647. The molecule has 0 heterocycles. The minimum atomic E-state index is -1.26. The van der Waals surface area contributed by atoms with Gasteiger partial charge in [0.25, 0.3) is 0 Å². The van der Waals surface area contributed by atoms with Gasteiger partial charge in [-0.3, -0.25) is 10.5 Å². The number of hydrogen-bond donors (Lipinski definition) is 2. The van der Waals surface area contributed by atoms with Crippen LogP contribution in [0.2, 0.25) is 0 Å². The lowest BCUT2D eigenvalue weighted by Gasteiger charge is -2.39. The molecular formula is C16H24ClNO3. The van der Waals surface area contributed by atoms with Crippen LogP contribution >= 0.6 is 12.4 Å². The average Bonchev–Trinajstić information content (AvgIpc) is 2.54. The van der Waals surface area contributed by atoms with E-state index in [-0.39, 0.29) is 18.3 Å². The zero-order valence-electron chi connectivity index (χ0n) is 12.3. The Balaban J connectivity index is 0.00000220. The maximum atomic E-state index is 10.9. The number of carbonyl (C=O) groups excluding carboxylic acids is 1. The molecule has 1 aliphatic rings. The van der Waals surface area contributed by atoms with E-state index >= 15 is 0 Å². The van der Waals surface area contributed by atoms with Crippen molar-refractivity contribution in [1.29, 1.82) is 0 Å². The fourth-order valence-electron chi connectivity index (χ4n) is 3.06. The highest BCUT2D eigenvalue weighted by Crippen LogP contribution is 2.35. The summed E-state index contributed by atoms with van der Waals surface area (Å²) >= 11 is 0. The van der Waals surface area contributed by atoms with Crippen LogP contribution in [0.25, 0.3) is 0 Å². The maximum absolute atomic E-state index is 10.9. The average molecular weight is 314 g/mol. The fraction of sp³-hybridized carbons (Fsp3) is 0.562. The molecule has 0 aliphatic heterocycles. The van der Waals surface area contributed by atoms with Gasteiger partial charge < -0.3 is 9.84 Å². The molecule has 0 bridgehead atoms. The summed E-state index contributed by atoms with van der Waals surface area (Å²) in [7, 11) is 1.50. The summed E-state index contributed by atoms with van der Waals surface area (Å²) < 4.78 is 5.45. The van der Waals surface area contributed by atoms with Crippen LogP contribution in [0.15, 0.2) is 24.3 Å². The lowest BCUT2D eigenvalue weighted by Crippen LogP contribution is -2.53. The predicted molar refractivity (Wildman–Crippen MR) is 84.5 cm³/mol. The van der Waals surface area contributed by atoms with Crippen LogP contribution in [0.4, 0.5) is 0 Å². The fourth-order valence-corrected chi connectivity index (χ4v) is 3.06. The highest BCUT2D eigenvalue weighted by molar-refractivity contribution is 5.85. The first kappa shape index (κ1) is 18.1. The number of aldehydes is 1. The second kappa shape index (κ2) is 7.90. The molecule has 4 nitrogen and oxygen atoms in total. The topological polar surface area (TPSA) is 72.5 Å². The van der Waals surface area contributed by atoms with E-state index in [1.807, 2.05) is 0 Å². The predicted octanol–water partition coefficient (Wildman–Crippen LogP) is 2.62. The second-order valence-corrected chi connectivity index (χ2v) is 5.58. The molecule has 21 heavy (non-hydrogen) atoms. The molecule has 0 saturated heterocycles. The number of halogens is 1. The summed E-state index contributed by atoms with van der Waals surface area (Å²) in [5, 5.41) is 10.7. The van der Waals surface area contributed by atoms with Gasteiger partial charge in [-0.1, -0.05) is 37.5 Å². The molecule has 118 valence electrons. The Kier molecular flexibility index (Phi) is 6.81. The summed E-state index contributed by atoms with van der Waals surface area (Å²) in [6.07, 6.45) is 5.40. The molecule has 2 atom stereocenters. The van der Waals surface area contributed by atoms with E-state index in [4.69, 9.17) is 10.5 Å². The third-order valence-corrected chi connectivity index (χ3v) is 4.35. The van der Waals surface area contributed by atoms with Gasteiger partial charge >= 0.3 is 0 Å². The SMILES string of the molecule is CO[C@](N)(c1cccc(C=O)c1)[C@H](O)C1CCCCC1.Cl. The normalized spacial score (nSPS) is 20.1. The van der Waals surface area contributed by atoms with Gasteiger partial charge in [-0.25, -0.2) is 0 Å². The summed E-state index contributed by atoms with van der Waals surface area (Å²) in [6, 6.07) is 6.94. The molecule has 5 heteroatoms. The summed E-state index contributed by atoms with van der Waals surface area (Å²) in [6.45, 7) is 0. The molecule has 0 unspecified atom stereocenters. The molecule has 0 spiro atoms. The molecule has 2 rings (SSSR count). The van der Waals surface area contributed by atoms with E-state index in [2.05, 4.69) is 0 Å². The van der Waals surface area contributed by atoms with Gasteiger partial charge in [-0.15, -0.1) is 12.4 Å². The van der Waals surface area contributed by atoms with Gasteiger partial charge in [0.1, 0.15) is 12.4 Å². The Labute approximate surface area is 132 Å². The standard InChI is InChI=1S/C16H23NO3.ClH/c1-20-16(17,14-9-5-6-12(10-14)11-18)15(19)13-7-3-2-4-8-13;/h5-6,9-11,13,15,19H,2-4,7-8,17H2,1H3;1H/t15-,16-;/m1./s1. The number of nitrogens with two attached hydrogens (primary N) is 1. The van der Waals surface area contributed by atoms with Crippen molar-refractivity contribution in [1.82, 2.24) is 0 Å². The monoisotopic (exact) mass is 313 g/mol. The summed E-state index contributed by atoms with van der Waals surface area (Å²) in [4.78, 5) is 10.9. The van der Waals surface area contributed by atoms with Crippen molar-refractivity contribution < 1.29 is 14.6 Å².